The normalized spacial score (nSPS) is 13.6. The molecule has 0 radical (unpaired) electrons. The van der Waals surface area contributed by atoms with Crippen LogP contribution in [0.25, 0.3) is 11.0 Å². The van der Waals surface area contributed by atoms with Crippen molar-refractivity contribution >= 4 is 68.8 Å². The number of carbonyl (C=O) groups is 2. The summed E-state index contributed by atoms with van der Waals surface area (Å²) >= 11 is 13.0. The second-order valence-corrected chi connectivity index (χ2v) is 11.0. The Hall–Kier alpha value is -4.25. The zero-order valence-electron chi connectivity index (χ0n) is 24.3. The number of nitrogens with zero attached hydrogens (tertiary/aromatic N) is 3. The minimum absolute atomic E-state index is 0.0706. The van der Waals surface area contributed by atoms with Gasteiger partial charge in [-0.15, -0.1) is 0 Å². The number of methoxy groups -OCH3 is 2. The number of fused-ring (bicyclic) bond motifs is 1. The summed E-state index contributed by atoms with van der Waals surface area (Å²) in [6, 6.07) is 9.12. The van der Waals surface area contributed by atoms with Crippen molar-refractivity contribution in [1.82, 2.24) is 14.9 Å². The molecular formula is C31H32Cl2N6O4. The molecule has 2 aromatic carbocycles. The van der Waals surface area contributed by atoms with E-state index in [9.17, 15) is 9.59 Å². The van der Waals surface area contributed by atoms with Gasteiger partial charge in [0.15, 0.2) is 5.78 Å². The molecule has 12 heteroatoms. The molecule has 4 aromatic rings. The Bertz CT molecular complexity index is 1700. The van der Waals surface area contributed by atoms with Gasteiger partial charge in [-0.1, -0.05) is 29.8 Å². The highest BCUT2D eigenvalue weighted by molar-refractivity contribution is 6.43. The van der Waals surface area contributed by atoms with Gasteiger partial charge in [0.2, 0.25) is 5.91 Å². The van der Waals surface area contributed by atoms with Crippen molar-refractivity contribution in [3.8, 4) is 11.5 Å². The van der Waals surface area contributed by atoms with Gasteiger partial charge in [0.1, 0.15) is 23.0 Å². The van der Waals surface area contributed by atoms with Crippen molar-refractivity contribution in [3.05, 3.63) is 75.9 Å². The van der Waals surface area contributed by atoms with E-state index >= 15 is 0 Å². The van der Waals surface area contributed by atoms with Crippen LogP contribution in [0.1, 0.15) is 21.5 Å². The van der Waals surface area contributed by atoms with E-state index in [1.165, 1.54) is 26.4 Å². The number of piperazine rings is 1. The molecule has 1 saturated heterocycles. The zero-order chi connectivity index (χ0) is 30.8. The van der Waals surface area contributed by atoms with Gasteiger partial charge in [0.05, 0.1) is 41.2 Å². The number of amides is 1. The van der Waals surface area contributed by atoms with Crippen LogP contribution < -0.4 is 25.0 Å². The number of halogens is 2. The standard InChI is InChI=1S/C31H32Cl2N6O4/c1-6-25(40)35-21-14-18(39-11-9-38(3)10-12-39)13-17(2)29(21)36-24-8-7-19-20(16-34-31(19)37-24)30(41)26-27(32)22(42-4)15-23(43-5)28(26)33/h6-8,13-16H,1,9-12H2,2-5H3,(H,35,40)(H2,34,36,37). The van der Waals surface area contributed by atoms with E-state index in [4.69, 9.17) is 37.7 Å². The number of aromatic amines is 1. The lowest BCUT2D eigenvalue weighted by atomic mass is 10.0. The summed E-state index contributed by atoms with van der Waals surface area (Å²) < 4.78 is 10.6. The molecule has 1 fully saturated rings. The van der Waals surface area contributed by atoms with Gasteiger partial charge in [-0.05, 0) is 49.9 Å². The third-order valence-electron chi connectivity index (χ3n) is 7.47. The van der Waals surface area contributed by atoms with Crippen molar-refractivity contribution in [3.63, 3.8) is 0 Å². The molecule has 3 heterocycles. The molecule has 5 rings (SSSR count). The SMILES string of the molecule is C=CC(=O)Nc1cc(N2CCN(C)CC2)cc(C)c1Nc1ccc2c(C(=O)c3c(Cl)c(OC)cc(OC)c3Cl)c[nH]c2n1. The summed E-state index contributed by atoms with van der Waals surface area (Å²) in [6.45, 7) is 9.27. The smallest absolute Gasteiger partial charge is 0.247 e. The van der Waals surface area contributed by atoms with Crippen LogP contribution in [0, 0.1) is 6.92 Å². The molecule has 0 bridgehead atoms. The van der Waals surface area contributed by atoms with Crippen LogP contribution in [0.15, 0.2) is 49.2 Å². The monoisotopic (exact) mass is 622 g/mol. The summed E-state index contributed by atoms with van der Waals surface area (Å²) in [7, 11) is 5.00. The molecule has 0 spiro atoms. The Morgan fingerprint density at radius 1 is 1.05 bits per heavy atom. The molecule has 0 saturated carbocycles. The summed E-state index contributed by atoms with van der Waals surface area (Å²) in [5.74, 6) is 0.316. The van der Waals surface area contributed by atoms with E-state index < -0.39 is 5.78 Å². The number of rotatable bonds is 9. The van der Waals surface area contributed by atoms with Gasteiger partial charge in [-0.2, -0.15) is 0 Å². The fraction of sp³-hybridized carbons (Fsp3) is 0.258. The number of aryl methyl sites for hydroxylation is 1. The van der Waals surface area contributed by atoms with E-state index in [1.807, 2.05) is 13.0 Å². The Labute approximate surface area is 259 Å². The second-order valence-electron chi connectivity index (χ2n) is 10.2. The lowest BCUT2D eigenvalue weighted by Crippen LogP contribution is -2.44. The number of carbonyl (C=O) groups excluding carboxylic acids is 2. The maximum atomic E-state index is 13.7. The summed E-state index contributed by atoms with van der Waals surface area (Å²) in [5, 5.41) is 7.03. The summed E-state index contributed by atoms with van der Waals surface area (Å²) in [5.41, 5.74) is 4.14. The lowest BCUT2D eigenvalue weighted by molar-refractivity contribution is -0.111. The van der Waals surface area contributed by atoms with E-state index in [0.29, 0.717) is 33.8 Å². The molecule has 224 valence electrons. The van der Waals surface area contributed by atoms with Gasteiger partial charge in [-0.3, -0.25) is 9.59 Å². The van der Waals surface area contributed by atoms with Gasteiger partial charge in [0.25, 0.3) is 0 Å². The highest BCUT2D eigenvalue weighted by atomic mass is 35.5. The third kappa shape index (κ3) is 5.99. The second kappa shape index (κ2) is 12.5. The van der Waals surface area contributed by atoms with Crippen molar-refractivity contribution in [2.75, 3.05) is 63.0 Å². The third-order valence-corrected chi connectivity index (χ3v) is 8.22. The number of H-pyrrole nitrogens is 1. The number of pyridine rings is 1. The highest BCUT2D eigenvalue weighted by Crippen LogP contribution is 2.42. The highest BCUT2D eigenvalue weighted by Gasteiger charge is 2.26. The molecule has 0 atom stereocenters. The summed E-state index contributed by atoms with van der Waals surface area (Å²) in [6.07, 6.45) is 2.80. The van der Waals surface area contributed by atoms with Crippen LogP contribution in [-0.2, 0) is 4.79 Å². The number of nitrogens with one attached hydrogen (secondary N) is 3. The number of benzene rings is 2. The van der Waals surface area contributed by atoms with Crippen LogP contribution in [0.2, 0.25) is 10.0 Å². The van der Waals surface area contributed by atoms with Crippen molar-refractivity contribution in [1.29, 1.82) is 0 Å². The van der Waals surface area contributed by atoms with Gasteiger partial charge in [-0.25, -0.2) is 4.98 Å². The van der Waals surface area contributed by atoms with E-state index in [-0.39, 0.29) is 33.0 Å². The lowest BCUT2D eigenvalue weighted by Gasteiger charge is -2.34. The Kier molecular flexibility index (Phi) is 8.82. The number of ketones is 1. The van der Waals surface area contributed by atoms with Gasteiger partial charge in [0, 0.05) is 55.1 Å². The minimum Gasteiger partial charge on any atom is -0.495 e. The van der Waals surface area contributed by atoms with Crippen LogP contribution in [0.5, 0.6) is 11.5 Å². The molecule has 43 heavy (non-hydrogen) atoms. The number of ether oxygens (including phenoxy) is 2. The number of anilines is 4. The maximum Gasteiger partial charge on any atom is 0.247 e. The van der Waals surface area contributed by atoms with Crippen molar-refractivity contribution in [2.24, 2.45) is 0 Å². The van der Waals surface area contributed by atoms with E-state index in [2.05, 4.69) is 45.1 Å². The van der Waals surface area contributed by atoms with Gasteiger partial charge >= 0.3 is 0 Å². The van der Waals surface area contributed by atoms with E-state index in [0.717, 1.165) is 37.4 Å². The zero-order valence-corrected chi connectivity index (χ0v) is 25.8. The first-order chi connectivity index (χ1) is 20.6. The predicted octanol–water partition coefficient (Wildman–Crippen LogP) is 6.05. The molecule has 1 aliphatic heterocycles. The van der Waals surface area contributed by atoms with Crippen LogP contribution >= 0.6 is 23.2 Å². The van der Waals surface area contributed by atoms with Crippen molar-refractivity contribution < 1.29 is 19.1 Å². The predicted molar refractivity (Wildman–Crippen MR) is 172 cm³/mol. The van der Waals surface area contributed by atoms with Crippen LogP contribution in [-0.4, -0.2) is 74.0 Å². The van der Waals surface area contributed by atoms with E-state index in [1.54, 1.807) is 18.3 Å². The first kappa shape index (κ1) is 30.2. The fourth-order valence-electron chi connectivity index (χ4n) is 5.07. The maximum absolute atomic E-state index is 13.7. The number of aromatic nitrogens is 2. The molecule has 10 nitrogen and oxygen atoms in total. The minimum atomic E-state index is -0.411. The number of hydrogen-bond acceptors (Lipinski definition) is 8. The Morgan fingerprint density at radius 3 is 2.35 bits per heavy atom. The summed E-state index contributed by atoms with van der Waals surface area (Å²) in [4.78, 5) is 38.4. The molecule has 2 aromatic heterocycles. The Balaban J connectivity index is 1.48. The number of likely N-dealkylation sites (N-methyl/N-ethyl adjacent to an activating group) is 1. The molecular weight excluding hydrogens is 591 g/mol. The number of hydrogen-bond donors (Lipinski definition) is 3. The molecule has 1 aliphatic rings. The molecule has 0 unspecified atom stereocenters. The molecule has 1 amide bonds. The van der Waals surface area contributed by atoms with Crippen molar-refractivity contribution in [2.45, 2.75) is 6.92 Å². The topological polar surface area (TPSA) is 112 Å². The average Bonchev–Trinajstić information content (AvgIpc) is 3.42. The average molecular weight is 624 g/mol. The molecule has 3 N–H and O–H groups in total. The first-order valence-corrected chi connectivity index (χ1v) is 14.3. The molecule has 0 aliphatic carbocycles. The first-order valence-electron chi connectivity index (χ1n) is 13.6. The largest absolute Gasteiger partial charge is 0.495 e. The van der Waals surface area contributed by atoms with Crippen LogP contribution in [0.3, 0.4) is 0 Å². The van der Waals surface area contributed by atoms with Crippen LogP contribution in [0.4, 0.5) is 22.9 Å². The Morgan fingerprint density at radius 2 is 1.72 bits per heavy atom. The fourth-order valence-corrected chi connectivity index (χ4v) is 5.75. The quantitative estimate of drug-likeness (QED) is 0.153. The van der Waals surface area contributed by atoms with Gasteiger partial charge < -0.3 is 34.9 Å².